The Hall–Kier alpha value is -2.15. The van der Waals surface area contributed by atoms with Crippen molar-refractivity contribution in [2.75, 3.05) is 6.26 Å². The molecule has 0 fully saturated rings. The summed E-state index contributed by atoms with van der Waals surface area (Å²) in [7, 11) is -3.23. The van der Waals surface area contributed by atoms with Gasteiger partial charge in [0.05, 0.1) is 16.6 Å². The van der Waals surface area contributed by atoms with E-state index >= 15 is 0 Å². The van der Waals surface area contributed by atoms with E-state index in [1.165, 1.54) is 12.1 Å². The Morgan fingerprint density at radius 1 is 1.30 bits per heavy atom. The van der Waals surface area contributed by atoms with E-state index in [0.29, 0.717) is 23.4 Å². The molecule has 0 unspecified atom stereocenters. The van der Waals surface area contributed by atoms with Gasteiger partial charge >= 0.3 is 0 Å². The van der Waals surface area contributed by atoms with Gasteiger partial charge in [-0.15, -0.1) is 0 Å². The summed E-state index contributed by atoms with van der Waals surface area (Å²) in [5.41, 5.74) is 1.91. The molecule has 6 nitrogen and oxygen atoms in total. The molecule has 1 aromatic carbocycles. The van der Waals surface area contributed by atoms with Gasteiger partial charge in [-0.3, -0.25) is 4.79 Å². The van der Waals surface area contributed by atoms with Crippen molar-refractivity contribution in [2.24, 2.45) is 0 Å². The molecule has 23 heavy (non-hydrogen) atoms. The molecule has 0 spiro atoms. The number of aryl methyl sites for hydroxylation is 2. The maximum absolute atomic E-state index is 12.4. The lowest BCUT2D eigenvalue weighted by molar-refractivity contribution is 0.0937. The molecule has 7 heteroatoms. The first kappa shape index (κ1) is 17.2. The lowest BCUT2D eigenvalue weighted by Gasteiger charge is -2.14. The van der Waals surface area contributed by atoms with E-state index in [2.05, 4.69) is 10.5 Å². The summed E-state index contributed by atoms with van der Waals surface area (Å²) in [5, 5.41) is 6.76. The average molecular weight is 336 g/mol. The first-order valence-electron chi connectivity index (χ1n) is 7.30. The SMILES string of the molecule is CCc1noc(C)c1C(=O)N[C@@H](C)c1ccc(S(C)(=O)=O)cc1. The molecule has 1 heterocycles. The summed E-state index contributed by atoms with van der Waals surface area (Å²) in [6.45, 7) is 5.44. The van der Waals surface area contributed by atoms with Crippen molar-refractivity contribution in [2.45, 2.75) is 38.1 Å². The number of rotatable bonds is 5. The van der Waals surface area contributed by atoms with Crippen LogP contribution in [-0.2, 0) is 16.3 Å². The zero-order valence-electron chi connectivity index (χ0n) is 13.6. The highest BCUT2D eigenvalue weighted by Gasteiger charge is 2.21. The summed E-state index contributed by atoms with van der Waals surface area (Å²) in [5.74, 6) is 0.235. The third-order valence-corrected chi connectivity index (χ3v) is 4.78. The molecule has 1 aromatic heterocycles. The average Bonchev–Trinajstić information content (AvgIpc) is 2.87. The minimum atomic E-state index is -3.23. The Kier molecular flexibility index (Phi) is 4.89. The van der Waals surface area contributed by atoms with Crippen molar-refractivity contribution >= 4 is 15.7 Å². The van der Waals surface area contributed by atoms with Gasteiger partial charge in [-0.05, 0) is 38.0 Å². The predicted molar refractivity (Wildman–Crippen MR) is 86.1 cm³/mol. The van der Waals surface area contributed by atoms with Gasteiger partial charge in [0.25, 0.3) is 5.91 Å². The highest BCUT2D eigenvalue weighted by Crippen LogP contribution is 2.19. The second kappa shape index (κ2) is 6.54. The monoisotopic (exact) mass is 336 g/mol. The van der Waals surface area contributed by atoms with Crippen LogP contribution in [0, 0.1) is 6.92 Å². The van der Waals surface area contributed by atoms with E-state index in [0.717, 1.165) is 11.8 Å². The lowest BCUT2D eigenvalue weighted by atomic mass is 10.1. The van der Waals surface area contributed by atoms with Crippen molar-refractivity contribution in [3.05, 3.63) is 46.8 Å². The van der Waals surface area contributed by atoms with Gasteiger partial charge in [0.1, 0.15) is 11.3 Å². The van der Waals surface area contributed by atoms with Crippen LogP contribution in [0.5, 0.6) is 0 Å². The van der Waals surface area contributed by atoms with Gasteiger partial charge in [-0.2, -0.15) is 0 Å². The van der Waals surface area contributed by atoms with Crippen LogP contribution in [0.1, 0.15) is 47.3 Å². The van der Waals surface area contributed by atoms with Crippen molar-refractivity contribution < 1.29 is 17.7 Å². The Morgan fingerprint density at radius 2 is 1.91 bits per heavy atom. The molecule has 2 aromatic rings. The molecule has 1 N–H and O–H groups in total. The van der Waals surface area contributed by atoms with Crippen LogP contribution in [0.25, 0.3) is 0 Å². The molecule has 1 atom stereocenters. The van der Waals surface area contributed by atoms with E-state index in [9.17, 15) is 13.2 Å². The number of hydrogen-bond donors (Lipinski definition) is 1. The molecule has 124 valence electrons. The summed E-state index contributed by atoms with van der Waals surface area (Å²) < 4.78 is 28.0. The standard InChI is InChI=1S/C16H20N2O4S/c1-5-14-15(11(3)22-18-14)16(19)17-10(2)12-6-8-13(9-7-12)23(4,20)21/h6-10H,5H2,1-4H3,(H,17,19)/t10-/m0/s1. The lowest BCUT2D eigenvalue weighted by Crippen LogP contribution is -2.27. The molecule has 0 saturated carbocycles. The number of amides is 1. The van der Waals surface area contributed by atoms with E-state index in [1.54, 1.807) is 19.1 Å². The quantitative estimate of drug-likeness (QED) is 0.906. The van der Waals surface area contributed by atoms with E-state index < -0.39 is 9.84 Å². The van der Waals surface area contributed by atoms with Crippen molar-refractivity contribution in [3.63, 3.8) is 0 Å². The van der Waals surface area contributed by atoms with Gasteiger partial charge < -0.3 is 9.84 Å². The van der Waals surface area contributed by atoms with Gasteiger partial charge in [-0.1, -0.05) is 24.2 Å². The normalized spacial score (nSPS) is 12.9. The molecule has 0 aliphatic rings. The summed E-state index contributed by atoms with van der Waals surface area (Å²) in [4.78, 5) is 12.7. The Morgan fingerprint density at radius 3 is 2.43 bits per heavy atom. The number of sulfone groups is 1. The van der Waals surface area contributed by atoms with Gasteiger partial charge in [0, 0.05) is 6.26 Å². The second-order valence-electron chi connectivity index (χ2n) is 5.45. The Bertz CT molecular complexity index is 807. The number of aromatic nitrogens is 1. The second-order valence-corrected chi connectivity index (χ2v) is 7.47. The van der Waals surface area contributed by atoms with Crippen LogP contribution < -0.4 is 5.32 Å². The molecule has 0 aliphatic carbocycles. The zero-order valence-corrected chi connectivity index (χ0v) is 14.4. The summed E-state index contributed by atoms with van der Waals surface area (Å²) >= 11 is 0. The fraction of sp³-hybridized carbons (Fsp3) is 0.375. The van der Waals surface area contributed by atoms with Crippen LogP contribution in [0.3, 0.4) is 0 Å². The van der Waals surface area contributed by atoms with Gasteiger partial charge in [-0.25, -0.2) is 8.42 Å². The summed E-state index contributed by atoms with van der Waals surface area (Å²) in [6, 6.07) is 6.20. The molecule has 0 aliphatic heterocycles. The fourth-order valence-electron chi connectivity index (χ4n) is 2.31. The minimum absolute atomic E-state index is 0.250. The largest absolute Gasteiger partial charge is 0.361 e. The zero-order chi connectivity index (χ0) is 17.2. The van der Waals surface area contributed by atoms with Gasteiger partial charge in [0.2, 0.25) is 0 Å². The maximum atomic E-state index is 12.4. The van der Waals surface area contributed by atoms with Crippen LogP contribution in [0.4, 0.5) is 0 Å². The number of benzene rings is 1. The molecule has 0 saturated heterocycles. The molecule has 0 bridgehead atoms. The molecular weight excluding hydrogens is 316 g/mol. The minimum Gasteiger partial charge on any atom is -0.361 e. The fourth-order valence-corrected chi connectivity index (χ4v) is 2.94. The molecular formula is C16H20N2O4S. The molecule has 2 rings (SSSR count). The smallest absolute Gasteiger partial charge is 0.257 e. The topological polar surface area (TPSA) is 89.3 Å². The number of carbonyl (C=O) groups is 1. The number of hydrogen-bond acceptors (Lipinski definition) is 5. The van der Waals surface area contributed by atoms with E-state index in [4.69, 9.17) is 4.52 Å². The van der Waals surface area contributed by atoms with Gasteiger partial charge in [0.15, 0.2) is 9.84 Å². The first-order valence-corrected chi connectivity index (χ1v) is 9.19. The van der Waals surface area contributed by atoms with Crippen LogP contribution in [0.2, 0.25) is 0 Å². The Balaban J connectivity index is 2.17. The predicted octanol–water partition coefficient (Wildman–Crippen LogP) is 2.44. The third kappa shape index (κ3) is 3.79. The molecule has 1 amide bonds. The van der Waals surface area contributed by atoms with E-state index in [1.807, 2.05) is 13.8 Å². The number of nitrogens with one attached hydrogen (secondary N) is 1. The van der Waals surface area contributed by atoms with Crippen LogP contribution in [-0.4, -0.2) is 25.7 Å². The summed E-state index contributed by atoms with van der Waals surface area (Å²) in [6.07, 6.45) is 1.77. The number of carbonyl (C=O) groups excluding carboxylic acids is 1. The van der Waals surface area contributed by atoms with Crippen LogP contribution >= 0.6 is 0 Å². The van der Waals surface area contributed by atoms with Crippen molar-refractivity contribution in [1.82, 2.24) is 10.5 Å². The first-order chi connectivity index (χ1) is 10.7. The molecule has 0 radical (unpaired) electrons. The van der Waals surface area contributed by atoms with Crippen molar-refractivity contribution in [3.8, 4) is 0 Å². The highest BCUT2D eigenvalue weighted by molar-refractivity contribution is 7.90. The highest BCUT2D eigenvalue weighted by atomic mass is 32.2. The Labute approximate surface area is 135 Å². The number of nitrogens with zero attached hydrogens (tertiary/aromatic N) is 1. The van der Waals surface area contributed by atoms with Crippen LogP contribution in [0.15, 0.2) is 33.7 Å². The van der Waals surface area contributed by atoms with E-state index in [-0.39, 0.29) is 16.8 Å². The maximum Gasteiger partial charge on any atom is 0.257 e. The third-order valence-electron chi connectivity index (χ3n) is 3.65. The van der Waals surface area contributed by atoms with Crippen molar-refractivity contribution in [1.29, 1.82) is 0 Å².